The molecule has 2 N–H and O–H groups in total. The van der Waals surface area contributed by atoms with E-state index in [1.54, 1.807) is 6.20 Å². The largest absolute Gasteiger partial charge is 0.479 e. The lowest BCUT2D eigenvalue weighted by Gasteiger charge is -2.05. The number of aliphatic carboxylic acids is 1. The Labute approximate surface area is 85.6 Å². The Bertz CT molecular complexity index is 324. The van der Waals surface area contributed by atoms with Gasteiger partial charge < -0.3 is 15.1 Å². The number of hydrogen-bond donors (Lipinski definition) is 2. The Hall–Kier alpha value is -1.14. The molecule has 14 heavy (non-hydrogen) atoms. The van der Waals surface area contributed by atoms with Crippen molar-refractivity contribution in [2.75, 3.05) is 19.0 Å². The number of thiazole rings is 1. The second kappa shape index (κ2) is 4.39. The van der Waals surface area contributed by atoms with E-state index >= 15 is 0 Å². The van der Waals surface area contributed by atoms with E-state index in [0.717, 1.165) is 10.0 Å². The highest BCUT2D eigenvalue weighted by Crippen LogP contribution is 2.21. The van der Waals surface area contributed by atoms with Gasteiger partial charge in [0.15, 0.2) is 11.2 Å². The summed E-state index contributed by atoms with van der Waals surface area (Å²) in [4.78, 5) is 17.0. The average Bonchev–Trinajstić information content (AvgIpc) is 2.52. The Balaban J connectivity index is 2.64. The van der Waals surface area contributed by atoms with Crippen molar-refractivity contribution < 1.29 is 15.0 Å². The molecule has 6 heteroatoms. The molecule has 1 rings (SSSR count). The third-order valence-electron chi connectivity index (χ3n) is 1.60. The fourth-order valence-corrected chi connectivity index (χ4v) is 1.75. The molecular weight excluding hydrogens is 204 g/mol. The molecule has 1 aromatic rings. The van der Waals surface area contributed by atoms with Gasteiger partial charge in [-0.2, -0.15) is 0 Å². The summed E-state index contributed by atoms with van der Waals surface area (Å²) in [5.74, 6) is -1.20. The maximum Gasteiger partial charge on any atom is 0.332 e. The molecule has 1 unspecified atom stereocenters. The molecule has 0 saturated carbocycles. The molecule has 0 aromatic carbocycles. The van der Waals surface area contributed by atoms with Gasteiger partial charge in [-0.15, -0.1) is 11.3 Å². The number of carboxylic acids is 1. The van der Waals surface area contributed by atoms with Gasteiger partial charge in [0.25, 0.3) is 0 Å². The van der Waals surface area contributed by atoms with E-state index in [4.69, 9.17) is 10.2 Å². The third kappa shape index (κ3) is 2.68. The van der Waals surface area contributed by atoms with E-state index < -0.39 is 12.1 Å². The number of anilines is 1. The summed E-state index contributed by atoms with van der Waals surface area (Å²) in [6.07, 6.45) is 0.359. The van der Waals surface area contributed by atoms with Crippen LogP contribution in [0.3, 0.4) is 0 Å². The van der Waals surface area contributed by atoms with Crippen LogP contribution in [-0.4, -0.2) is 41.4 Å². The molecule has 0 saturated heterocycles. The molecule has 0 aliphatic rings. The SMILES string of the molecule is CN(C)c1ncc(CC(O)C(=O)O)s1. The fourth-order valence-electron chi connectivity index (χ4n) is 0.876. The molecule has 1 heterocycles. The first kappa shape index (κ1) is 10.9. The first-order valence-corrected chi connectivity index (χ1v) is 4.85. The van der Waals surface area contributed by atoms with Crippen LogP contribution in [0.25, 0.3) is 0 Å². The van der Waals surface area contributed by atoms with Crippen LogP contribution in [0.5, 0.6) is 0 Å². The predicted molar refractivity (Wildman–Crippen MR) is 53.8 cm³/mol. The Morgan fingerprint density at radius 3 is 2.79 bits per heavy atom. The molecule has 0 spiro atoms. The summed E-state index contributed by atoms with van der Waals surface area (Å²) < 4.78 is 0. The smallest absolute Gasteiger partial charge is 0.332 e. The molecule has 1 atom stereocenters. The zero-order valence-electron chi connectivity index (χ0n) is 7.97. The minimum absolute atomic E-state index is 0.112. The van der Waals surface area contributed by atoms with Crippen molar-refractivity contribution >= 4 is 22.4 Å². The van der Waals surface area contributed by atoms with E-state index in [-0.39, 0.29) is 6.42 Å². The Morgan fingerprint density at radius 2 is 2.36 bits per heavy atom. The van der Waals surface area contributed by atoms with Crippen molar-refractivity contribution in [3.05, 3.63) is 11.1 Å². The van der Waals surface area contributed by atoms with E-state index in [1.807, 2.05) is 19.0 Å². The highest BCUT2D eigenvalue weighted by Gasteiger charge is 2.15. The lowest BCUT2D eigenvalue weighted by molar-refractivity contribution is -0.146. The van der Waals surface area contributed by atoms with Gasteiger partial charge in [0.05, 0.1) is 0 Å². The Kier molecular flexibility index (Phi) is 3.43. The molecule has 0 bridgehead atoms. The van der Waals surface area contributed by atoms with Crippen molar-refractivity contribution in [1.29, 1.82) is 0 Å². The highest BCUT2D eigenvalue weighted by molar-refractivity contribution is 7.15. The zero-order valence-corrected chi connectivity index (χ0v) is 8.78. The minimum Gasteiger partial charge on any atom is -0.479 e. The van der Waals surface area contributed by atoms with Gasteiger partial charge in [0.2, 0.25) is 0 Å². The summed E-state index contributed by atoms with van der Waals surface area (Å²) in [5, 5.41) is 18.4. The summed E-state index contributed by atoms with van der Waals surface area (Å²) in [5.41, 5.74) is 0. The summed E-state index contributed by atoms with van der Waals surface area (Å²) in [6.45, 7) is 0. The number of aliphatic hydroxyl groups excluding tert-OH is 1. The van der Waals surface area contributed by atoms with Crippen molar-refractivity contribution in [2.24, 2.45) is 0 Å². The van der Waals surface area contributed by atoms with Crippen molar-refractivity contribution in [1.82, 2.24) is 4.98 Å². The average molecular weight is 216 g/mol. The number of aromatic nitrogens is 1. The van der Waals surface area contributed by atoms with E-state index in [0.29, 0.717) is 0 Å². The molecule has 0 fully saturated rings. The molecule has 0 aliphatic carbocycles. The number of rotatable bonds is 4. The second-order valence-corrected chi connectivity index (χ2v) is 4.16. The van der Waals surface area contributed by atoms with Crippen molar-refractivity contribution in [2.45, 2.75) is 12.5 Å². The standard InChI is InChI=1S/C8H12N2O3S/c1-10(2)8-9-4-5(14-8)3-6(11)7(12)13/h4,6,11H,3H2,1-2H3,(H,12,13). The quantitative estimate of drug-likeness (QED) is 0.752. The maximum atomic E-state index is 10.4. The number of hydrogen-bond acceptors (Lipinski definition) is 5. The van der Waals surface area contributed by atoms with Crippen LogP contribution in [0.4, 0.5) is 5.13 Å². The predicted octanol–water partition coefficient (Wildman–Crippen LogP) is 0.197. The first-order chi connectivity index (χ1) is 6.50. The van der Waals surface area contributed by atoms with Gasteiger partial charge in [-0.3, -0.25) is 0 Å². The number of carboxylic acid groups (broad SMARTS) is 1. The molecule has 78 valence electrons. The number of carbonyl (C=O) groups is 1. The first-order valence-electron chi connectivity index (χ1n) is 4.03. The van der Waals surface area contributed by atoms with Gasteiger partial charge in [-0.1, -0.05) is 0 Å². The molecule has 0 amide bonds. The molecule has 0 aliphatic heterocycles. The van der Waals surface area contributed by atoms with Crippen LogP contribution >= 0.6 is 11.3 Å². The summed E-state index contributed by atoms with van der Waals surface area (Å²) in [6, 6.07) is 0. The normalized spacial score (nSPS) is 12.5. The minimum atomic E-state index is -1.34. The second-order valence-electron chi connectivity index (χ2n) is 3.06. The molecule has 5 nitrogen and oxygen atoms in total. The summed E-state index contributed by atoms with van der Waals surface area (Å²) in [7, 11) is 3.71. The number of aliphatic hydroxyl groups is 1. The number of nitrogens with zero attached hydrogens (tertiary/aromatic N) is 2. The maximum absolute atomic E-state index is 10.4. The summed E-state index contributed by atoms with van der Waals surface area (Å²) >= 11 is 1.38. The molecule has 0 radical (unpaired) electrons. The van der Waals surface area contributed by atoms with Crippen molar-refractivity contribution in [3.8, 4) is 0 Å². The van der Waals surface area contributed by atoms with Crippen LogP contribution in [0.1, 0.15) is 4.88 Å². The van der Waals surface area contributed by atoms with E-state index in [9.17, 15) is 4.79 Å². The highest BCUT2D eigenvalue weighted by atomic mass is 32.1. The zero-order chi connectivity index (χ0) is 10.7. The topological polar surface area (TPSA) is 73.7 Å². The van der Waals surface area contributed by atoms with Gasteiger partial charge in [0.1, 0.15) is 0 Å². The van der Waals surface area contributed by atoms with Gasteiger partial charge >= 0.3 is 5.97 Å². The third-order valence-corrected chi connectivity index (χ3v) is 2.79. The lowest BCUT2D eigenvalue weighted by Crippen LogP contribution is -2.21. The molecule has 1 aromatic heterocycles. The monoisotopic (exact) mass is 216 g/mol. The van der Waals surface area contributed by atoms with Gasteiger partial charge in [0, 0.05) is 31.6 Å². The van der Waals surface area contributed by atoms with E-state index in [1.165, 1.54) is 11.3 Å². The van der Waals surface area contributed by atoms with Crippen LogP contribution < -0.4 is 4.90 Å². The molecular formula is C8H12N2O3S. The van der Waals surface area contributed by atoms with Gasteiger partial charge in [-0.05, 0) is 0 Å². The van der Waals surface area contributed by atoms with Gasteiger partial charge in [-0.25, -0.2) is 9.78 Å². The van der Waals surface area contributed by atoms with Crippen LogP contribution in [0.15, 0.2) is 6.20 Å². The van der Waals surface area contributed by atoms with Crippen LogP contribution in [0, 0.1) is 0 Å². The van der Waals surface area contributed by atoms with Crippen molar-refractivity contribution in [3.63, 3.8) is 0 Å². The lowest BCUT2D eigenvalue weighted by atomic mass is 10.2. The Morgan fingerprint density at radius 1 is 1.71 bits per heavy atom. The van der Waals surface area contributed by atoms with Crippen LogP contribution in [-0.2, 0) is 11.2 Å². The fraction of sp³-hybridized carbons (Fsp3) is 0.500. The van der Waals surface area contributed by atoms with Crippen LogP contribution in [0.2, 0.25) is 0 Å². The van der Waals surface area contributed by atoms with E-state index in [2.05, 4.69) is 4.98 Å².